The first-order chi connectivity index (χ1) is 15.9. The van der Waals surface area contributed by atoms with E-state index in [2.05, 4.69) is 81.6 Å². The molecule has 4 nitrogen and oxygen atoms in total. The molecule has 2 aliphatic rings. The molecule has 0 fully saturated rings. The van der Waals surface area contributed by atoms with Gasteiger partial charge in [0.15, 0.2) is 0 Å². The molecule has 4 heteroatoms. The number of nitrogens with zero attached hydrogens (tertiary/aromatic N) is 4. The van der Waals surface area contributed by atoms with Crippen LogP contribution < -0.4 is 4.90 Å². The Kier molecular flexibility index (Phi) is 3.45. The van der Waals surface area contributed by atoms with E-state index in [-0.39, 0.29) is 0 Å². The quantitative estimate of drug-likeness (QED) is 0.332. The summed E-state index contributed by atoms with van der Waals surface area (Å²) in [4.78, 5) is 16.3. The van der Waals surface area contributed by atoms with Crippen LogP contribution in [0.25, 0.3) is 11.1 Å². The van der Waals surface area contributed by atoms with Crippen LogP contribution in [0.1, 0.15) is 22.3 Å². The van der Waals surface area contributed by atoms with Gasteiger partial charge in [-0.15, -0.1) is 0 Å². The predicted octanol–water partition coefficient (Wildman–Crippen LogP) is 6.02. The Morgan fingerprint density at radius 1 is 0.562 bits per heavy atom. The fourth-order valence-corrected chi connectivity index (χ4v) is 5.53. The van der Waals surface area contributed by atoms with Crippen LogP contribution in [-0.4, -0.2) is 15.0 Å². The molecule has 1 spiro atoms. The van der Waals surface area contributed by atoms with E-state index in [1.807, 2.05) is 43.1 Å². The van der Waals surface area contributed by atoms with E-state index in [1.165, 1.54) is 27.8 Å². The lowest BCUT2D eigenvalue weighted by Crippen LogP contribution is -2.36. The summed E-state index contributed by atoms with van der Waals surface area (Å²) in [6, 6.07) is 27.5. The van der Waals surface area contributed by atoms with Gasteiger partial charge in [0, 0.05) is 42.2 Å². The predicted molar refractivity (Wildman–Crippen MR) is 125 cm³/mol. The Bertz CT molecular complexity index is 1400. The third kappa shape index (κ3) is 2.04. The maximum Gasteiger partial charge on any atom is 0.142 e. The molecule has 0 unspecified atom stereocenters. The lowest BCUT2D eigenvalue weighted by atomic mass is 9.66. The summed E-state index contributed by atoms with van der Waals surface area (Å²) in [5.41, 5.74) is 8.81. The highest BCUT2D eigenvalue weighted by Crippen LogP contribution is 2.62. The van der Waals surface area contributed by atoms with Gasteiger partial charge in [-0.25, -0.2) is 4.98 Å². The van der Waals surface area contributed by atoms with Gasteiger partial charge in [0.25, 0.3) is 0 Å². The Labute approximate surface area is 185 Å². The minimum atomic E-state index is -0.515. The Hall–Kier alpha value is -4.31. The average molecular weight is 410 g/mol. The lowest BCUT2D eigenvalue weighted by Gasteiger charge is -2.43. The third-order valence-electron chi connectivity index (χ3n) is 6.71. The lowest BCUT2D eigenvalue weighted by molar-refractivity contribution is 0.737. The minimum absolute atomic E-state index is 0.515. The van der Waals surface area contributed by atoms with E-state index in [9.17, 15) is 0 Å². The summed E-state index contributed by atoms with van der Waals surface area (Å²) in [7, 11) is 0. The number of benzene rings is 2. The van der Waals surface area contributed by atoms with Gasteiger partial charge in [-0.1, -0.05) is 42.5 Å². The monoisotopic (exact) mass is 410 g/mol. The third-order valence-corrected chi connectivity index (χ3v) is 6.71. The molecule has 32 heavy (non-hydrogen) atoms. The van der Waals surface area contributed by atoms with E-state index in [1.54, 1.807) is 0 Å². The van der Waals surface area contributed by atoms with E-state index < -0.39 is 5.41 Å². The molecule has 150 valence electrons. The zero-order chi connectivity index (χ0) is 21.1. The fraction of sp³-hybridized carbons (Fsp3) is 0.0357. The van der Waals surface area contributed by atoms with Crippen LogP contribution in [0, 0.1) is 0 Å². The summed E-state index contributed by atoms with van der Waals surface area (Å²) in [6.45, 7) is 0. The van der Waals surface area contributed by atoms with Crippen molar-refractivity contribution in [1.82, 2.24) is 15.0 Å². The maximum absolute atomic E-state index is 4.93. The second kappa shape index (κ2) is 6.34. The van der Waals surface area contributed by atoms with Crippen molar-refractivity contribution >= 4 is 17.2 Å². The van der Waals surface area contributed by atoms with Crippen LogP contribution in [0.4, 0.5) is 17.2 Å². The van der Waals surface area contributed by atoms with Crippen LogP contribution in [-0.2, 0) is 5.41 Å². The van der Waals surface area contributed by atoms with Gasteiger partial charge in [0.05, 0.1) is 11.1 Å². The Morgan fingerprint density at radius 3 is 1.97 bits per heavy atom. The summed E-state index contributed by atoms with van der Waals surface area (Å²) in [6.07, 6.45) is 9.65. The van der Waals surface area contributed by atoms with Crippen molar-refractivity contribution in [2.75, 3.05) is 4.90 Å². The normalized spacial score (nSPS) is 14.4. The molecule has 0 amide bonds. The van der Waals surface area contributed by atoms with Crippen molar-refractivity contribution < 1.29 is 0 Å². The number of hydrogen-bond donors (Lipinski definition) is 0. The second-order valence-corrected chi connectivity index (χ2v) is 8.16. The van der Waals surface area contributed by atoms with Crippen molar-refractivity contribution in [2.24, 2.45) is 0 Å². The van der Waals surface area contributed by atoms with Gasteiger partial charge < -0.3 is 0 Å². The minimum Gasteiger partial charge on any atom is -0.294 e. The molecule has 0 N–H and O–H groups in total. The molecule has 0 bridgehead atoms. The summed E-state index contributed by atoms with van der Waals surface area (Å²) < 4.78 is 0. The highest BCUT2D eigenvalue weighted by Gasteiger charge is 2.52. The zero-order valence-electron chi connectivity index (χ0n) is 17.2. The Balaban J connectivity index is 1.67. The summed E-state index contributed by atoms with van der Waals surface area (Å²) in [5.74, 6) is 0.934. The SMILES string of the molecule is c1ccc(N2c3ccccc3C3(c4cnccc4-c4ccncc43)c3cccnc32)cc1. The zero-order valence-corrected chi connectivity index (χ0v) is 17.2. The molecule has 0 atom stereocenters. The van der Waals surface area contributed by atoms with Crippen LogP contribution in [0.5, 0.6) is 0 Å². The van der Waals surface area contributed by atoms with Crippen molar-refractivity contribution in [3.63, 3.8) is 0 Å². The number of anilines is 3. The molecule has 0 saturated heterocycles. The molecule has 0 radical (unpaired) electrons. The molecular formula is C28H18N4. The molecular weight excluding hydrogens is 392 g/mol. The van der Waals surface area contributed by atoms with Gasteiger partial charge >= 0.3 is 0 Å². The van der Waals surface area contributed by atoms with Crippen LogP contribution in [0.15, 0.2) is 110 Å². The molecule has 1 aliphatic carbocycles. The van der Waals surface area contributed by atoms with Crippen molar-refractivity contribution in [3.05, 3.63) is 132 Å². The van der Waals surface area contributed by atoms with Gasteiger partial charge in [0.2, 0.25) is 0 Å². The van der Waals surface area contributed by atoms with Crippen LogP contribution >= 0.6 is 0 Å². The van der Waals surface area contributed by atoms with Crippen molar-refractivity contribution in [3.8, 4) is 11.1 Å². The summed E-state index contributed by atoms with van der Waals surface area (Å²) in [5, 5.41) is 0. The Morgan fingerprint density at radius 2 is 1.22 bits per heavy atom. The number of fused-ring (bicyclic) bond motifs is 9. The second-order valence-electron chi connectivity index (χ2n) is 8.16. The first-order valence-electron chi connectivity index (χ1n) is 10.7. The van der Waals surface area contributed by atoms with E-state index >= 15 is 0 Å². The van der Waals surface area contributed by atoms with Crippen molar-refractivity contribution in [1.29, 1.82) is 0 Å². The summed E-state index contributed by atoms with van der Waals surface area (Å²) >= 11 is 0. The first-order valence-corrected chi connectivity index (χ1v) is 10.7. The number of rotatable bonds is 1. The van der Waals surface area contributed by atoms with Gasteiger partial charge in [-0.05, 0) is 64.2 Å². The first kappa shape index (κ1) is 17.4. The van der Waals surface area contributed by atoms with Crippen LogP contribution in [0.2, 0.25) is 0 Å². The van der Waals surface area contributed by atoms with Crippen LogP contribution in [0.3, 0.4) is 0 Å². The molecule has 7 rings (SSSR count). The maximum atomic E-state index is 4.93. The highest BCUT2D eigenvalue weighted by molar-refractivity contribution is 5.94. The largest absolute Gasteiger partial charge is 0.294 e. The number of pyridine rings is 3. The number of hydrogen-bond acceptors (Lipinski definition) is 4. The average Bonchev–Trinajstić information content (AvgIpc) is 3.16. The van der Waals surface area contributed by atoms with E-state index in [0.717, 1.165) is 22.8 Å². The molecule has 1 aliphatic heterocycles. The smallest absolute Gasteiger partial charge is 0.142 e. The van der Waals surface area contributed by atoms with Gasteiger partial charge in [-0.2, -0.15) is 0 Å². The fourth-order valence-electron chi connectivity index (χ4n) is 5.53. The van der Waals surface area contributed by atoms with Gasteiger partial charge in [-0.3, -0.25) is 14.9 Å². The topological polar surface area (TPSA) is 41.9 Å². The number of aromatic nitrogens is 3. The van der Waals surface area contributed by atoms with E-state index in [0.29, 0.717) is 0 Å². The molecule has 2 aromatic carbocycles. The van der Waals surface area contributed by atoms with Gasteiger partial charge in [0.1, 0.15) is 5.82 Å². The standard InChI is InChI=1S/C28H18N4/c1-2-7-19(8-3-1)32-26-11-5-4-9-22(26)28(23-10-6-14-31-27(23)32)24-17-29-15-12-20(24)21-13-16-30-18-25(21)28/h1-18H. The van der Waals surface area contributed by atoms with Crippen molar-refractivity contribution in [2.45, 2.75) is 5.41 Å². The molecule has 0 saturated carbocycles. The molecule has 3 aromatic heterocycles. The molecule has 5 aromatic rings. The number of para-hydroxylation sites is 2. The highest BCUT2D eigenvalue weighted by atomic mass is 15.2. The van der Waals surface area contributed by atoms with E-state index in [4.69, 9.17) is 4.98 Å². The molecule has 4 heterocycles.